The minimum Gasteiger partial charge on any atom is -0.463 e. The lowest BCUT2D eigenvalue weighted by molar-refractivity contribution is -0.678. The number of quaternary nitrogens is 1. The van der Waals surface area contributed by atoms with Gasteiger partial charge in [-0.3, -0.25) is 4.79 Å². The monoisotopic (exact) mass is 321 g/mol. The van der Waals surface area contributed by atoms with Crippen LogP contribution in [0.3, 0.4) is 0 Å². The highest BCUT2D eigenvalue weighted by Crippen LogP contribution is 2.18. The molecule has 3 rings (SSSR count). The van der Waals surface area contributed by atoms with Crippen LogP contribution in [0.5, 0.6) is 0 Å². The number of nitrogens with one attached hydrogen (secondary N) is 1. The van der Waals surface area contributed by atoms with Gasteiger partial charge in [0.2, 0.25) is 0 Å². The number of carbonyl (C=O) groups is 1. The van der Waals surface area contributed by atoms with Crippen LogP contribution in [0.15, 0.2) is 77.4 Å². The van der Waals surface area contributed by atoms with Gasteiger partial charge < -0.3 is 15.1 Å². The van der Waals surface area contributed by atoms with Gasteiger partial charge in [0, 0.05) is 11.3 Å². The number of hydrogen-bond acceptors (Lipinski definition) is 2. The van der Waals surface area contributed by atoms with Crippen molar-refractivity contribution >= 4 is 11.6 Å². The fraction of sp³-hybridized carbons (Fsp3) is 0.150. The van der Waals surface area contributed by atoms with E-state index in [9.17, 15) is 4.79 Å². The molecule has 122 valence electrons. The van der Waals surface area contributed by atoms with Crippen molar-refractivity contribution in [3.8, 4) is 0 Å². The molecule has 1 atom stereocenters. The van der Waals surface area contributed by atoms with Crippen molar-refractivity contribution in [1.29, 1.82) is 0 Å². The zero-order valence-corrected chi connectivity index (χ0v) is 13.6. The fourth-order valence-corrected chi connectivity index (χ4v) is 2.70. The molecule has 3 N–H and O–H groups in total. The van der Waals surface area contributed by atoms with E-state index in [1.54, 1.807) is 6.26 Å². The largest absolute Gasteiger partial charge is 0.463 e. The number of anilines is 1. The third-order valence-corrected chi connectivity index (χ3v) is 3.85. The first-order chi connectivity index (χ1) is 11.7. The summed E-state index contributed by atoms with van der Waals surface area (Å²) in [5, 5.41) is 4.92. The van der Waals surface area contributed by atoms with Gasteiger partial charge in [0.15, 0.2) is 18.3 Å². The summed E-state index contributed by atoms with van der Waals surface area (Å²) in [6.45, 7) is 2.32. The van der Waals surface area contributed by atoms with E-state index < -0.39 is 0 Å². The van der Waals surface area contributed by atoms with Crippen LogP contribution in [0.2, 0.25) is 0 Å². The van der Waals surface area contributed by atoms with E-state index in [4.69, 9.17) is 4.42 Å². The van der Waals surface area contributed by atoms with E-state index in [0.717, 1.165) is 22.6 Å². The Morgan fingerprint density at radius 3 is 2.62 bits per heavy atom. The summed E-state index contributed by atoms with van der Waals surface area (Å²) in [6, 6.07) is 21.6. The second-order valence-electron chi connectivity index (χ2n) is 5.76. The number of furan rings is 1. The number of carbonyl (C=O) groups excluding carboxylic acids is 1. The standard InChI is InChI=1S/C20H20N2O2/c1-15-7-5-10-17(13-15)22-19(23)14-21-20(18-11-6-12-24-18)16-8-3-2-4-9-16/h2-13,20-21H,14H2,1H3,(H,22,23)/p+1/t20-/m1/s1. The minimum absolute atomic E-state index is 0.0342. The van der Waals surface area contributed by atoms with Gasteiger partial charge in [-0.25, -0.2) is 0 Å². The first-order valence-electron chi connectivity index (χ1n) is 8.00. The lowest BCUT2D eigenvalue weighted by Gasteiger charge is -2.14. The SMILES string of the molecule is Cc1cccc(NC(=O)C[NH2+][C@H](c2ccccc2)c2ccco2)c1. The van der Waals surface area contributed by atoms with Crippen molar-refractivity contribution in [3.63, 3.8) is 0 Å². The summed E-state index contributed by atoms with van der Waals surface area (Å²) in [6.07, 6.45) is 1.66. The topological polar surface area (TPSA) is 58.9 Å². The molecular weight excluding hydrogens is 300 g/mol. The maximum atomic E-state index is 12.3. The van der Waals surface area contributed by atoms with Gasteiger partial charge in [-0.2, -0.15) is 0 Å². The molecule has 0 radical (unpaired) electrons. The molecule has 1 aromatic heterocycles. The number of nitrogens with two attached hydrogens (primary N) is 1. The second kappa shape index (κ2) is 7.62. The molecule has 1 heterocycles. The van der Waals surface area contributed by atoms with Crippen LogP contribution >= 0.6 is 0 Å². The Morgan fingerprint density at radius 2 is 1.92 bits per heavy atom. The Hall–Kier alpha value is -2.85. The molecule has 0 saturated carbocycles. The number of amides is 1. The highest BCUT2D eigenvalue weighted by molar-refractivity contribution is 5.91. The third kappa shape index (κ3) is 4.12. The zero-order chi connectivity index (χ0) is 16.8. The normalized spacial score (nSPS) is 11.9. The number of aryl methyl sites for hydroxylation is 1. The van der Waals surface area contributed by atoms with E-state index in [-0.39, 0.29) is 11.9 Å². The molecular formula is C20H21N2O2+. The van der Waals surface area contributed by atoms with E-state index >= 15 is 0 Å². The lowest BCUT2D eigenvalue weighted by Crippen LogP contribution is -2.87. The smallest absolute Gasteiger partial charge is 0.279 e. The van der Waals surface area contributed by atoms with Crippen molar-refractivity contribution < 1.29 is 14.5 Å². The van der Waals surface area contributed by atoms with Gasteiger partial charge >= 0.3 is 0 Å². The molecule has 0 bridgehead atoms. The molecule has 3 aromatic rings. The summed E-state index contributed by atoms with van der Waals surface area (Å²) in [4.78, 5) is 12.3. The Morgan fingerprint density at radius 1 is 1.08 bits per heavy atom. The second-order valence-corrected chi connectivity index (χ2v) is 5.76. The predicted octanol–water partition coefficient (Wildman–Crippen LogP) is 2.88. The molecule has 4 heteroatoms. The third-order valence-electron chi connectivity index (χ3n) is 3.85. The molecule has 2 aromatic carbocycles. The van der Waals surface area contributed by atoms with Crippen LogP contribution in [-0.2, 0) is 4.79 Å². The molecule has 0 aliphatic heterocycles. The summed E-state index contributed by atoms with van der Waals surface area (Å²) >= 11 is 0. The number of hydrogen-bond donors (Lipinski definition) is 2. The van der Waals surface area contributed by atoms with E-state index in [1.165, 1.54) is 0 Å². The van der Waals surface area contributed by atoms with E-state index in [2.05, 4.69) is 5.32 Å². The summed E-state index contributed by atoms with van der Waals surface area (Å²) in [7, 11) is 0. The summed E-state index contributed by atoms with van der Waals surface area (Å²) < 4.78 is 5.55. The van der Waals surface area contributed by atoms with Crippen LogP contribution < -0.4 is 10.6 Å². The van der Waals surface area contributed by atoms with Crippen LogP contribution in [-0.4, -0.2) is 12.5 Å². The van der Waals surface area contributed by atoms with E-state index in [1.807, 2.05) is 79.0 Å². The van der Waals surface area contributed by atoms with Crippen LogP contribution in [0, 0.1) is 6.92 Å². The predicted molar refractivity (Wildman–Crippen MR) is 93.6 cm³/mol. The minimum atomic E-state index is -0.0375. The summed E-state index contributed by atoms with van der Waals surface area (Å²) in [5.74, 6) is 0.803. The average Bonchev–Trinajstić information content (AvgIpc) is 3.10. The average molecular weight is 321 g/mol. The van der Waals surface area contributed by atoms with E-state index in [0.29, 0.717) is 6.54 Å². The van der Waals surface area contributed by atoms with Gasteiger partial charge in [-0.05, 0) is 36.8 Å². The molecule has 4 nitrogen and oxygen atoms in total. The highest BCUT2D eigenvalue weighted by atomic mass is 16.3. The van der Waals surface area contributed by atoms with Crippen molar-refractivity contribution in [3.05, 3.63) is 89.9 Å². The van der Waals surface area contributed by atoms with Gasteiger partial charge in [-0.1, -0.05) is 42.5 Å². The molecule has 1 amide bonds. The van der Waals surface area contributed by atoms with Gasteiger partial charge in [-0.15, -0.1) is 0 Å². The first kappa shape index (κ1) is 16.0. The fourth-order valence-electron chi connectivity index (χ4n) is 2.70. The van der Waals surface area contributed by atoms with Crippen molar-refractivity contribution in [2.24, 2.45) is 0 Å². The molecule has 0 saturated heterocycles. The molecule has 0 aliphatic carbocycles. The quantitative estimate of drug-likeness (QED) is 0.733. The van der Waals surface area contributed by atoms with Crippen molar-refractivity contribution in [2.75, 3.05) is 11.9 Å². The van der Waals surface area contributed by atoms with Crippen LogP contribution in [0.4, 0.5) is 5.69 Å². The Kier molecular flexibility index (Phi) is 5.08. The van der Waals surface area contributed by atoms with Gasteiger partial charge in [0.05, 0.1) is 6.26 Å². The molecule has 24 heavy (non-hydrogen) atoms. The van der Waals surface area contributed by atoms with Crippen molar-refractivity contribution in [1.82, 2.24) is 0 Å². The van der Waals surface area contributed by atoms with Gasteiger partial charge in [0.25, 0.3) is 5.91 Å². The van der Waals surface area contributed by atoms with Crippen molar-refractivity contribution in [2.45, 2.75) is 13.0 Å². The maximum absolute atomic E-state index is 12.3. The molecule has 0 unspecified atom stereocenters. The Labute approximate surface area is 141 Å². The Bertz CT molecular complexity index is 782. The first-order valence-corrected chi connectivity index (χ1v) is 8.00. The lowest BCUT2D eigenvalue weighted by atomic mass is 10.0. The van der Waals surface area contributed by atoms with Crippen LogP contribution in [0.1, 0.15) is 22.9 Å². The maximum Gasteiger partial charge on any atom is 0.279 e. The number of benzene rings is 2. The molecule has 0 aliphatic rings. The van der Waals surface area contributed by atoms with Gasteiger partial charge in [0.1, 0.15) is 0 Å². The zero-order valence-electron chi connectivity index (χ0n) is 13.6. The molecule has 0 fully saturated rings. The Balaban J connectivity index is 1.67. The molecule has 0 spiro atoms. The van der Waals surface area contributed by atoms with Crippen LogP contribution in [0.25, 0.3) is 0 Å². The number of rotatable bonds is 6. The summed E-state index contributed by atoms with van der Waals surface area (Å²) in [5.41, 5.74) is 3.05. The highest BCUT2D eigenvalue weighted by Gasteiger charge is 2.21.